The minimum absolute atomic E-state index is 0.859. The lowest BCUT2D eigenvalue weighted by atomic mass is 10.6. The zero-order valence-corrected chi connectivity index (χ0v) is 4.23. The summed E-state index contributed by atoms with van der Waals surface area (Å²) < 4.78 is 0. The molecule has 0 aliphatic heterocycles. The average Bonchev–Trinajstić information content (AvgIpc) is 1.35. The van der Waals surface area contributed by atoms with Crippen molar-refractivity contribution in [2.45, 2.75) is 13.8 Å². The maximum absolute atomic E-state index is 3.81. The molecule has 0 amide bonds. The summed E-state index contributed by atoms with van der Waals surface area (Å²) in [5.74, 6) is 0. The predicted octanol–water partition coefficient (Wildman–Crippen LogP) is 1.61. The van der Waals surface area contributed by atoms with E-state index in [1.165, 1.54) is 0 Å². The Labute approximate surface area is 38.4 Å². The molecule has 0 atom stereocenters. The van der Waals surface area contributed by atoms with Crippen LogP contribution in [-0.4, -0.2) is 6.21 Å². The Morgan fingerprint density at radius 1 is 1.83 bits per heavy atom. The van der Waals surface area contributed by atoms with Gasteiger partial charge in [-0.05, 0) is 13.8 Å². The molecule has 6 heavy (non-hydrogen) atoms. The number of hydrogen-bond acceptors (Lipinski definition) is 1. The standard InChI is InChI=1S/C5H9N/c1-4-6-5(2)3/h4H,2H2,1,3H3. The molecule has 0 aromatic carbocycles. The molecule has 0 radical (unpaired) electrons. The molecule has 0 heterocycles. The third-order valence-electron chi connectivity index (χ3n) is 0.349. The first-order chi connectivity index (χ1) is 2.77. The van der Waals surface area contributed by atoms with E-state index >= 15 is 0 Å². The summed E-state index contributed by atoms with van der Waals surface area (Å²) in [5.41, 5.74) is 0.859. The molecule has 1 heteroatoms. The van der Waals surface area contributed by atoms with Gasteiger partial charge in [-0.2, -0.15) is 0 Å². The van der Waals surface area contributed by atoms with Crippen molar-refractivity contribution in [2.24, 2.45) is 4.99 Å². The van der Waals surface area contributed by atoms with Gasteiger partial charge in [0.05, 0.1) is 0 Å². The van der Waals surface area contributed by atoms with Crippen LogP contribution in [0, 0.1) is 0 Å². The number of allylic oxidation sites excluding steroid dienone is 1. The molecule has 0 saturated carbocycles. The molecular formula is C5H9N. The summed E-state index contributed by atoms with van der Waals surface area (Å²) in [6.07, 6.45) is 1.72. The van der Waals surface area contributed by atoms with Crippen LogP contribution in [0.1, 0.15) is 13.8 Å². The van der Waals surface area contributed by atoms with Crippen molar-refractivity contribution in [3.05, 3.63) is 12.3 Å². The number of aliphatic imine (C=N–C) groups is 1. The summed E-state index contributed by atoms with van der Waals surface area (Å²) in [5, 5.41) is 0. The molecule has 0 rings (SSSR count). The van der Waals surface area contributed by atoms with E-state index in [0.29, 0.717) is 0 Å². The SMILES string of the molecule is C=C(C)N=CC. The van der Waals surface area contributed by atoms with Gasteiger partial charge in [0.15, 0.2) is 0 Å². The molecule has 0 aliphatic rings. The van der Waals surface area contributed by atoms with Gasteiger partial charge in [-0.1, -0.05) is 6.58 Å². The Balaban J connectivity index is 3.30. The minimum Gasteiger partial charge on any atom is -0.267 e. The zero-order chi connectivity index (χ0) is 4.99. The van der Waals surface area contributed by atoms with E-state index < -0.39 is 0 Å². The molecule has 0 aliphatic carbocycles. The van der Waals surface area contributed by atoms with Crippen LogP contribution in [0.2, 0.25) is 0 Å². The second kappa shape index (κ2) is 2.64. The summed E-state index contributed by atoms with van der Waals surface area (Å²) >= 11 is 0. The second-order valence-electron chi connectivity index (χ2n) is 1.12. The molecule has 0 spiro atoms. The third-order valence-corrected chi connectivity index (χ3v) is 0.349. The topological polar surface area (TPSA) is 12.4 Å². The summed E-state index contributed by atoms with van der Waals surface area (Å²) in [7, 11) is 0. The Morgan fingerprint density at radius 2 is 2.33 bits per heavy atom. The van der Waals surface area contributed by atoms with Gasteiger partial charge in [-0.15, -0.1) is 0 Å². The number of nitrogens with zero attached hydrogens (tertiary/aromatic N) is 1. The molecule has 34 valence electrons. The molecule has 0 aromatic heterocycles. The fourth-order valence-electron chi connectivity index (χ4n) is 0.220. The van der Waals surface area contributed by atoms with Crippen molar-refractivity contribution in [3.63, 3.8) is 0 Å². The summed E-state index contributed by atoms with van der Waals surface area (Å²) in [6, 6.07) is 0. The molecule has 1 nitrogen and oxygen atoms in total. The quantitative estimate of drug-likeness (QED) is 0.427. The fourth-order valence-corrected chi connectivity index (χ4v) is 0.220. The Kier molecular flexibility index (Phi) is 2.38. The first kappa shape index (κ1) is 5.41. The minimum atomic E-state index is 0.859. The average molecular weight is 83.1 g/mol. The maximum Gasteiger partial charge on any atom is 0.0296 e. The number of rotatable bonds is 1. The summed E-state index contributed by atoms with van der Waals surface area (Å²) in [4.78, 5) is 3.81. The highest BCUT2D eigenvalue weighted by atomic mass is 14.7. The van der Waals surface area contributed by atoms with Crippen molar-refractivity contribution in [1.82, 2.24) is 0 Å². The first-order valence-electron chi connectivity index (χ1n) is 1.91. The van der Waals surface area contributed by atoms with Crippen molar-refractivity contribution >= 4 is 6.21 Å². The van der Waals surface area contributed by atoms with E-state index in [0.717, 1.165) is 5.70 Å². The monoisotopic (exact) mass is 83.1 g/mol. The van der Waals surface area contributed by atoms with E-state index in [1.807, 2.05) is 13.8 Å². The molecule has 0 N–H and O–H groups in total. The van der Waals surface area contributed by atoms with Gasteiger partial charge in [-0.25, -0.2) is 0 Å². The van der Waals surface area contributed by atoms with E-state index in [1.54, 1.807) is 6.21 Å². The van der Waals surface area contributed by atoms with Crippen molar-refractivity contribution in [2.75, 3.05) is 0 Å². The normalized spacial score (nSPS) is 9.67. The smallest absolute Gasteiger partial charge is 0.0296 e. The van der Waals surface area contributed by atoms with Crippen LogP contribution in [0.3, 0.4) is 0 Å². The van der Waals surface area contributed by atoms with Crippen LogP contribution in [0.4, 0.5) is 0 Å². The van der Waals surface area contributed by atoms with E-state index in [-0.39, 0.29) is 0 Å². The third kappa shape index (κ3) is 3.41. The van der Waals surface area contributed by atoms with E-state index in [9.17, 15) is 0 Å². The predicted molar refractivity (Wildman–Crippen MR) is 29.0 cm³/mol. The highest BCUT2D eigenvalue weighted by Crippen LogP contribution is 1.82. The lowest BCUT2D eigenvalue weighted by Crippen LogP contribution is -1.60. The highest BCUT2D eigenvalue weighted by molar-refractivity contribution is 5.54. The van der Waals surface area contributed by atoms with Gasteiger partial charge in [0, 0.05) is 11.9 Å². The largest absolute Gasteiger partial charge is 0.267 e. The fraction of sp³-hybridized carbons (Fsp3) is 0.400. The van der Waals surface area contributed by atoms with Gasteiger partial charge in [-0.3, -0.25) is 4.99 Å². The van der Waals surface area contributed by atoms with E-state index in [4.69, 9.17) is 0 Å². The van der Waals surface area contributed by atoms with Crippen molar-refractivity contribution in [1.29, 1.82) is 0 Å². The van der Waals surface area contributed by atoms with Crippen LogP contribution in [0.25, 0.3) is 0 Å². The van der Waals surface area contributed by atoms with Crippen molar-refractivity contribution in [3.8, 4) is 0 Å². The van der Waals surface area contributed by atoms with Crippen LogP contribution in [-0.2, 0) is 0 Å². The molecule has 0 unspecified atom stereocenters. The summed E-state index contributed by atoms with van der Waals surface area (Å²) in [6.45, 7) is 7.28. The Bertz CT molecular complexity index is 72.0. The van der Waals surface area contributed by atoms with Crippen LogP contribution in [0.5, 0.6) is 0 Å². The van der Waals surface area contributed by atoms with Crippen LogP contribution < -0.4 is 0 Å². The van der Waals surface area contributed by atoms with Gasteiger partial charge in [0.2, 0.25) is 0 Å². The maximum atomic E-state index is 3.81. The first-order valence-corrected chi connectivity index (χ1v) is 1.91. The number of hydrogen-bond donors (Lipinski definition) is 0. The van der Waals surface area contributed by atoms with Crippen molar-refractivity contribution < 1.29 is 0 Å². The zero-order valence-electron chi connectivity index (χ0n) is 4.23. The van der Waals surface area contributed by atoms with Crippen LogP contribution >= 0.6 is 0 Å². The molecular weight excluding hydrogens is 74.1 g/mol. The molecule has 0 saturated heterocycles. The van der Waals surface area contributed by atoms with Gasteiger partial charge in [0.25, 0.3) is 0 Å². The van der Waals surface area contributed by atoms with E-state index in [2.05, 4.69) is 11.6 Å². The lowest BCUT2D eigenvalue weighted by Gasteiger charge is -1.77. The molecule has 0 aromatic rings. The molecule has 0 bridgehead atoms. The Hall–Kier alpha value is -0.590. The van der Waals surface area contributed by atoms with Crippen LogP contribution in [0.15, 0.2) is 17.3 Å². The van der Waals surface area contributed by atoms with Gasteiger partial charge < -0.3 is 0 Å². The second-order valence-corrected chi connectivity index (χ2v) is 1.12. The molecule has 0 fully saturated rings. The lowest BCUT2D eigenvalue weighted by molar-refractivity contribution is 1.34. The van der Waals surface area contributed by atoms with Gasteiger partial charge >= 0.3 is 0 Å². The Morgan fingerprint density at radius 3 is 2.33 bits per heavy atom. The van der Waals surface area contributed by atoms with Gasteiger partial charge in [0.1, 0.15) is 0 Å². The highest BCUT2D eigenvalue weighted by Gasteiger charge is 1.64.